The number of hydrogen-bond donors (Lipinski definition) is 0. The van der Waals surface area contributed by atoms with E-state index < -0.39 is 11.7 Å². The molecule has 0 N–H and O–H groups in total. The van der Waals surface area contributed by atoms with Gasteiger partial charge in [-0.2, -0.15) is 13.2 Å². The average molecular weight is 378 g/mol. The second-order valence-corrected chi connectivity index (χ2v) is 5.81. The highest BCUT2D eigenvalue weighted by Crippen LogP contribution is 2.33. The van der Waals surface area contributed by atoms with E-state index >= 15 is 0 Å². The van der Waals surface area contributed by atoms with Gasteiger partial charge in [0.25, 0.3) is 5.88 Å². The Morgan fingerprint density at radius 1 is 1.00 bits per heavy atom. The number of allylic oxidation sites excluding steroid dienone is 1. The lowest BCUT2D eigenvalue weighted by molar-refractivity contribution is -0.137. The van der Waals surface area contributed by atoms with E-state index in [1.54, 1.807) is 6.20 Å². The van der Waals surface area contributed by atoms with Crippen molar-refractivity contribution >= 4 is 12.1 Å². The number of hydrogen-bond acceptors (Lipinski definition) is 6. The molecule has 1 aromatic heterocycles. The zero-order valence-corrected chi connectivity index (χ0v) is 14.3. The lowest BCUT2D eigenvalue weighted by Crippen LogP contribution is -2.44. The predicted octanol–water partition coefficient (Wildman–Crippen LogP) is 3.12. The Hall–Kier alpha value is -3.10. The van der Waals surface area contributed by atoms with Crippen LogP contribution in [0, 0.1) is 0 Å². The Labute approximate surface area is 153 Å². The lowest BCUT2D eigenvalue weighted by atomic mass is 10.2. The van der Waals surface area contributed by atoms with Crippen LogP contribution in [0.4, 0.5) is 19.0 Å². The van der Waals surface area contributed by atoms with Crippen LogP contribution in [0.25, 0.3) is 0 Å². The van der Waals surface area contributed by atoms with Gasteiger partial charge in [0.2, 0.25) is 0 Å². The van der Waals surface area contributed by atoms with Crippen molar-refractivity contribution in [2.45, 2.75) is 6.18 Å². The summed E-state index contributed by atoms with van der Waals surface area (Å²) < 4.78 is 43.7. The van der Waals surface area contributed by atoms with E-state index in [0.29, 0.717) is 32.0 Å². The number of rotatable bonds is 5. The zero-order chi connectivity index (χ0) is 19.3. The van der Waals surface area contributed by atoms with Crippen molar-refractivity contribution in [3.05, 3.63) is 54.5 Å². The number of carbonyl (C=O) groups excluding carboxylic acids is 1. The summed E-state index contributed by atoms with van der Waals surface area (Å²) in [7, 11) is 0. The van der Waals surface area contributed by atoms with Crippen LogP contribution in [0.15, 0.2) is 48.9 Å². The first-order valence-electron chi connectivity index (χ1n) is 8.24. The lowest BCUT2D eigenvalue weighted by Gasteiger charge is -2.34. The normalized spacial score (nSPS) is 15.2. The number of ether oxygens (including phenoxy) is 1. The maximum Gasteiger partial charge on any atom is 0.416 e. The number of aromatic nitrogens is 2. The molecular formula is C18H17F3N4O2. The molecule has 1 fully saturated rings. The molecule has 0 aliphatic carbocycles. The first-order valence-corrected chi connectivity index (χ1v) is 8.24. The highest BCUT2D eigenvalue weighted by molar-refractivity contribution is 5.64. The molecule has 3 rings (SSSR count). The summed E-state index contributed by atoms with van der Waals surface area (Å²) in [5, 5.41) is 0. The number of halogens is 3. The SMILES string of the molecule is O=CC=CN1CCN(c2nccnc2Oc2ccc(C(F)(F)F)cc2)CC1. The third-order valence-corrected chi connectivity index (χ3v) is 4.03. The summed E-state index contributed by atoms with van der Waals surface area (Å²) in [6.07, 6.45) is 2.51. The molecule has 6 nitrogen and oxygen atoms in total. The van der Waals surface area contributed by atoms with E-state index in [2.05, 4.69) is 9.97 Å². The third-order valence-electron chi connectivity index (χ3n) is 4.03. The molecule has 2 aromatic rings. The summed E-state index contributed by atoms with van der Waals surface area (Å²) in [5.74, 6) is 1.00. The van der Waals surface area contributed by atoms with Crippen molar-refractivity contribution in [2.24, 2.45) is 0 Å². The predicted molar refractivity (Wildman–Crippen MR) is 92.5 cm³/mol. The molecule has 2 heterocycles. The standard InChI is InChI=1S/C18H17F3N4O2/c19-18(20,21)14-2-4-15(5-3-14)27-17-16(22-6-7-23-17)25-11-9-24(10-12-25)8-1-13-26/h1-8,13H,9-12H2. The number of piperazine rings is 1. The van der Waals surface area contributed by atoms with Crippen LogP contribution in [0.2, 0.25) is 0 Å². The molecule has 0 radical (unpaired) electrons. The van der Waals surface area contributed by atoms with E-state index in [0.717, 1.165) is 18.4 Å². The van der Waals surface area contributed by atoms with Gasteiger partial charge in [0, 0.05) is 44.8 Å². The molecule has 9 heteroatoms. The maximum atomic E-state index is 12.7. The molecule has 0 unspecified atom stereocenters. The van der Waals surface area contributed by atoms with Crippen molar-refractivity contribution < 1.29 is 22.7 Å². The van der Waals surface area contributed by atoms with Crippen molar-refractivity contribution in [1.82, 2.24) is 14.9 Å². The minimum atomic E-state index is -4.39. The van der Waals surface area contributed by atoms with E-state index in [1.165, 1.54) is 30.6 Å². The van der Waals surface area contributed by atoms with Crippen LogP contribution in [0.5, 0.6) is 11.6 Å². The summed E-state index contributed by atoms with van der Waals surface area (Å²) in [5.41, 5.74) is -0.742. The summed E-state index contributed by atoms with van der Waals surface area (Å²) in [6.45, 7) is 2.68. The fourth-order valence-electron chi connectivity index (χ4n) is 2.67. The van der Waals surface area contributed by atoms with Crippen LogP contribution in [-0.4, -0.2) is 47.3 Å². The van der Waals surface area contributed by atoms with E-state index in [-0.39, 0.29) is 11.6 Å². The Bertz CT molecular complexity index is 801. The van der Waals surface area contributed by atoms with Crippen LogP contribution >= 0.6 is 0 Å². The number of anilines is 1. The minimum Gasteiger partial charge on any atom is -0.436 e. The molecule has 0 atom stereocenters. The Kier molecular flexibility index (Phi) is 5.58. The van der Waals surface area contributed by atoms with Gasteiger partial charge in [0.15, 0.2) is 5.82 Å². The molecule has 142 valence electrons. The van der Waals surface area contributed by atoms with Crippen LogP contribution < -0.4 is 9.64 Å². The van der Waals surface area contributed by atoms with Crippen molar-refractivity contribution in [2.75, 3.05) is 31.1 Å². The average Bonchev–Trinajstić information content (AvgIpc) is 2.67. The Morgan fingerprint density at radius 3 is 2.30 bits per heavy atom. The molecule has 1 aliphatic heterocycles. The third kappa shape index (κ3) is 4.75. The first kappa shape index (κ1) is 18.7. The van der Waals surface area contributed by atoms with Gasteiger partial charge in [-0.15, -0.1) is 0 Å². The van der Waals surface area contributed by atoms with Gasteiger partial charge >= 0.3 is 6.18 Å². The van der Waals surface area contributed by atoms with E-state index in [9.17, 15) is 18.0 Å². The first-order chi connectivity index (χ1) is 13.0. The second kappa shape index (κ2) is 8.07. The van der Waals surface area contributed by atoms with Gasteiger partial charge in [-0.3, -0.25) is 4.79 Å². The molecule has 1 aromatic carbocycles. The van der Waals surface area contributed by atoms with Crippen molar-refractivity contribution in [3.8, 4) is 11.6 Å². The van der Waals surface area contributed by atoms with Gasteiger partial charge in [-0.1, -0.05) is 0 Å². The summed E-state index contributed by atoms with van der Waals surface area (Å²) in [4.78, 5) is 22.9. The number of alkyl halides is 3. The number of nitrogens with zero attached hydrogens (tertiary/aromatic N) is 4. The number of aldehydes is 1. The number of carbonyl (C=O) groups is 1. The highest BCUT2D eigenvalue weighted by atomic mass is 19.4. The molecular weight excluding hydrogens is 361 g/mol. The summed E-state index contributed by atoms with van der Waals surface area (Å²) >= 11 is 0. The Balaban J connectivity index is 1.71. The van der Waals surface area contributed by atoms with Gasteiger partial charge in [-0.05, 0) is 30.3 Å². The second-order valence-electron chi connectivity index (χ2n) is 5.81. The van der Waals surface area contributed by atoms with Gasteiger partial charge in [0.05, 0.1) is 5.56 Å². The van der Waals surface area contributed by atoms with Crippen molar-refractivity contribution in [3.63, 3.8) is 0 Å². The number of benzene rings is 1. The topological polar surface area (TPSA) is 58.6 Å². The van der Waals surface area contributed by atoms with Gasteiger partial charge < -0.3 is 14.5 Å². The molecule has 1 aliphatic rings. The molecule has 27 heavy (non-hydrogen) atoms. The van der Waals surface area contributed by atoms with E-state index in [4.69, 9.17) is 4.74 Å². The highest BCUT2D eigenvalue weighted by Gasteiger charge is 2.30. The fraction of sp³-hybridized carbons (Fsp3) is 0.278. The Morgan fingerprint density at radius 2 is 1.67 bits per heavy atom. The quantitative estimate of drug-likeness (QED) is 0.589. The maximum absolute atomic E-state index is 12.7. The van der Waals surface area contributed by atoms with Gasteiger partial charge in [-0.25, -0.2) is 9.97 Å². The molecule has 0 spiro atoms. The molecule has 1 saturated heterocycles. The van der Waals surface area contributed by atoms with E-state index in [1.807, 2.05) is 9.80 Å². The largest absolute Gasteiger partial charge is 0.436 e. The zero-order valence-electron chi connectivity index (χ0n) is 14.3. The van der Waals surface area contributed by atoms with Crippen LogP contribution in [0.1, 0.15) is 5.56 Å². The van der Waals surface area contributed by atoms with Crippen LogP contribution in [-0.2, 0) is 11.0 Å². The monoisotopic (exact) mass is 378 g/mol. The van der Waals surface area contributed by atoms with Crippen molar-refractivity contribution in [1.29, 1.82) is 0 Å². The fourth-order valence-corrected chi connectivity index (χ4v) is 2.67. The smallest absolute Gasteiger partial charge is 0.416 e. The van der Waals surface area contributed by atoms with Crippen LogP contribution in [0.3, 0.4) is 0 Å². The van der Waals surface area contributed by atoms with Gasteiger partial charge in [0.1, 0.15) is 12.0 Å². The molecule has 0 amide bonds. The minimum absolute atomic E-state index is 0.231. The molecule has 0 bridgehead atoms. The molecule has 0 saturated carbocycles. The summed E-state index contributed by atoms with van der Waals surface area (Å²) in [6, 6.07) is 4.43.